The van der Waals surface area contributed by atoms with E-state index in [1.807, 2.05) is 40.1 Å². The average Bonchev–Trinajstić information content (AvgIpc) is 3.30. The number of carbonyl (C=O) groups excluding carboxylic acids is 2. The fourth-order valence-electron chi connectivity index (χ4n) is 4.26. The summed E-state index contributed by atoms with van der Waals surface area (Å²) in [6.45, 7) is 5.46. The van der Waals surface area contributed by atoms with Gasteiger partial charge in [-0.05, 0) is 37.3 Å². The van der Waals surface area contributed by atoms with E-state index in [0.717, 1.165) is 37.7 Å². The van der Waals surface area contributed by atoms with E-state index in [9.17, 15) is 9.59 Å². The number of benzene rings is 1. The van der Waals surface area contributed by atoms with Crippen LogP contribution >= 0.6 is 0 Å². The Hall–Kier alpha value is -1.88. The monoisotopic (exact) mass is 327 g/mol. The van der Waals surface area contributed by atoms with Gasteiger partial charge in [0.1, 0.15) is 6.54 Å². The second kappa shape index (κ2) is 5.88. The third kappa shape index (κ3) is 2.81. The molecule has 1 spiro atoms. The van der Waals surface area contributed by atoms with E-state index in [0.29, 0.717) is 6.54 Å². The van der Waals surface area contributed by atoms with Crippen LogP contribution in [0, 0.1) is 5.92 Å². The smallest absolute Gasteiger partial charge is 0.246 e. The number of para-hydroxylation sites is 1. The Morgan fingerprint density at radius 3 is 2.62 bits per heavy atom. The maximum atomic E-state index is 12.6. The zero-order valence-electron chi connectivity index (χ0n) is 14.3. The molecule has 1 saturated carbocycles. The molecule has 0 unspecified atom stereocenters. The highest BCUT2D eigenvalue weighted by atomic mass is 16.2. The molecule has 5 heteroatoms. The summed E-state index contributed by atoms with van der Waals surface area (Å²) in [6, 6.07) is 9.84. The summed E-state index contributed by atoms with van der Waals surface area (Å²) in [7, 11) is 0. The number of likely N-dealkylation sites (tertiary alicyclic amines) is 1. The molecule has 2 amide bonds. The predicted octanol–water partition coefficient (Wildman–Crippen LogP) is 1.74. The minimum absolute atomic E-state index is 0.0164. The zero-order valence-corrected chi connectivity index (χ0v) is 14.3. The zero-order chi connectivity index (χ0) is 16.7. The average molecular weight is 327 g/mol. The fourth-order valence-corrected chi connectivity index (χ4v) is 4.26. The predicted molar refractivity (Wildman–Crippen MR) is 92.7 cm³/mol. The van der Waals surface area contributed by atoms with Gasteiger partial charge in [0, 0.05) is 32.2 Å². The van der Waals surface area contributed by atoms with Gasteiger partial charge in [-0.25, -0.2) is 0 Å². The Labute approximate surface area is 143 Å². The molecular weight excluding hydrogens is 302 g/mol. The molecule has 3 fully saturated rings. The van der Waals surface area contributed by atoms with E-state index in [1.165, 1.54) is 12.8 Å². The number of hydrogen-bond donors (Lipinski definition) is 0. The van der Waals surface area contributed by atoms with E-state index >= 15 is 0 Å². The molecule has 2 aliphatic heterocycles. The maximum Gasteiger partial charge on any atom is 0.246 e. The van der Waals surface area contributed by atoms with Crippen LogP contribution in [-0.4, -0.2) is 59.9 Å². The Bertz CT molecular complexity index is 643. The lowest BCUT2D eigenvalue weighted by molar-refractivity contribution is -0.142. The van der Waals surface area contributed by atoms with Crippen molar-refractivity contribution in [3.8, 4) is 0 Å². The van der Waals surface area contributed by atoms with Crippen molar-refractivity contribution >= 4 is 17.5 Å². The van der Waals surface area contributed by atoms with Crippen molar-refractivity contribution < 1.29 is 9.59 Å². The molecule has 0 radical (unpaired) electrons. The molecule has 0 N–H and O–H groups in total. The van der Waals surface area contributed by atoms with Crippen molar-refractivity contribution in [2.75, 3.05) is 37.6 Å². The number of rotatable bonds is 3. The van der Waals surface area contributed by atoms with E-state index < -0.39 is 0 Å². The van der Waals surface area contributed by atoms with Gasteiger partial charge in [0.15, 0.2) is 0 Å². The molecule has 2 heterocycles. The van der Waals surface area contributed by atoms with Gasteiger partial charge in [-0.2, -0.15) is 0 Å². The first-order valence-electron chi connectivity index (χ1n) is 8.93. The summed E-state index contributed by atoms with van der Waals surface area (Å²) >= 11 is 0. The van der Waals surface area contributed by atoms with E-state index in [1.54, 1.807) is 6.92 Å². The lowest BCUT2D eigenvalue weighted by atomic mass is 9.91. The first kappa shape index (κ1) is 15.6. The SMILES string of the molecule is CC(=O)N1CC(=O)N(c2ccccc2)C[C@]12CCN(CC1CC1)C2. The molecule has 2 saturated heterocycles. The second-order valence-electron chi connectivity index (χ2n) is 7.57. The van der Waals surface area contributed by atoms with E-state index in [-0.39, 0.29) is 23.9 Å². The van der Waals surface area contributed by atoms with Crippen LogP contribution < -0.4 is 4.90 Å². The van der Waals surface area contributed by atoms with Crippen LogP contribution in [0.15, 0.2) is 30.3 Å². The highest BCUT2D eigenvalue weighted by molar-refractivity contribution is 5.98. The van der Waals surface area contributed by atoms with Gasteiger partial charge in [0.2, 0.25) is 11.8 Å². The van der Waals surface area contributed by atoms with Crippen molar-refractivity contribution in [3.05, 3.63) is 30.3 Å². The van der Waals surface area contributed by atoms with Crippen molar-refractivity contribution in [1.82, 2.24) is 9.80 Å². The summed E-state index contributed by atoms with van der Waals surface area (Å²) < 4.78 is 0. The molecule has 3 aliphatic rings. The summed E-state index contributed by atoms with van der Waals surface area (Å²) in [5.74, 6) is 0.883. The van der Waals surface area contributed by atoms with Gasteiger partial charge < -0.3 is 14.7 Å². The van der Waals surface area contributed by atoms with E-state index in [2.05, 4.69) is 4.90 Å². The minimum Gasteiger partial charge on any atom is -0.325 e. The number of hydrogen-bond acceptors (Lipinski definition) is 3. The molecule has 24 heavy (non-hydrogen) atoms. The molecule has 0 aromatic heterocycles. The second-order valence-corrected chi connectivity index (χ2v) is 7.57. The van der Waals surface area contributed by atoms with Crippen LogP contribution in [0.3, 0.4) is 0 Å². The standard InChI is InChI=1S/C19H25N3O2/c1-15(23)22-12-18(24)21(17-5-3-2-4-6-17)14-19(22)9-10-20(13-19)11-16-7-8-16/h2-6,16H,7-14H2,1H3/t19-/m1/s1. The third-order valence-corrected chi connectivity index (χ3v) is 5.69. The van der Waals surface area contributed by atoms with Gasteiger partial charge >= 0.3 is 0 Å². The molecule has 1 atom stereocenters. The Morgan fingerprint density at radius 2 is 1.96 bits per heavy atom. The van der Waals surface area contributed by atoms with Crippen LogP contribution in [0.4, 0.5) is 5.69 Å². The maximum absolute atomic E-state index is 12.6. The fraction of sp³-hybridized carbons (Fsp3) is 0.579. The largest absolute Gasteiger partial charge is 0.325 e. The van der Waals surface area contributed by atoms with Crippen molar-refractivity contribution in [2.45, 2.75) is 31.7 Å². The van der Waals surface area contributed by atoms with Gasteiger partial charge in [-0.3, -0.25) is 9.59 Å². The number of anilines is 1. The topological polar surface area (TPSA) is 43.9 Å². The lowest BCUT2D eigenvalue weighted by Crippen LogP contribution is -2.66. The van der Waals surface area contributed by atoms with Crippen molar-refractivity contribution in [1.29, 1.82) is 0 Å². The van der Waals surface area contributed by atoms with E-state index in [4.69, 9.17) is 0 Å². The van der Waals surface area contributed by atoms with Crippen LogP contribution in [-0.2, 0) is 9.59 Å². The highest BCUT2D eigenvalue weighted by Gasteiger charge is 2.50. The minimum atomic E-state index is -0.232. The number of carbonyl (C=O) groups is 2. The normalized spacial score (nSPS) is 28.0. The summed E-state index contributed by atoms with van der Waals surface area (Å²) in [6.07, 6.45) is 3.64. The lowest BCUT2D eigenvalue weighted by Gasteiger charge is -2.48. The summed E-state index contributed by atoms with van der Waals surface area (Å²) in [5.41, 5.74) is 0.704. The quantitative estimate of drug-likeness (QED) is 0.849. The first-order chi connectivity index (χ1) is 11.6. The molecular formula is C19H25N3O2. The number of nitrogens with zero attached hydrogens (tertiary/aromatic N) is 3. The van der Waals surface area contributed by atoms with Crippen LogP contribution in [0.5, 0.6) is 0 Å². The summed E-state index contributed by atoms with van der Waals surface area (Å²) in [4.78, 5) is 31.1. The Morgan fingerprint density at radius 1 is 1.21 bits per heavy atom. The van der Waals surface area contributed by atoms with Gasteiger partial charge in [0.25, 0.3) is 0 Å². The molecule has 4 rings (SSSR count). The highest BCUT2D eigenvalue weighted by Crippen LogP contribution is 2.37. The molecule has 128 valence electrons. The Kier molecular flexibility index (Phi) is 3.83. The molecule has 5 nitrogen and oxygen atoms in total. The van der Waals surface area contributed by atoms with Gasteiger partial charge in [-0.15, -0.1) is 0 Å². The molecule has 0 bridgehead atoms. The van der Waals surface area contributed by atoms with Crippen molar-refractivity contribution in [3.63, 3.8) is 0 Å². The molecule has 1 aromatic rings. The first-order valence-corrected chi connectivity index (χ1v) is 8.93. The third-order valence-electron chi connectivity index (χ3n) is 5.69. The van der Waals surface area contributed by atoms with Crippen LogP contribution in [0.1, 0.15) is 26.2 Å². The van der Waals surface area contributed by atoms with Crippen LogP contribution in [0.2, 0.25) is 0 Å². The van der Waals surface area contributed by atoms with Gasteiger partial charge in [-0.1, -0.05) is 18.2 Å². The Balaban J connectivity index is 1.59. The van der Waals surface area contributed by atoms with Crippen molar-refractivity contribution in [2.24, 2.45) is 5.92 Å². The summed E-state index contributed by atoms with van der Waals surface area (Å²) in [5, 5.41) is 0. The number of piperazine rings is 1. The van der Waals surface area contributed by atoms with Gasteiger partial charge in [0.05, 0.1) is 12.1 Å². The molecule has 1 aliphatic carbocycles. The number of amides is 2. The molecule has 1 aromatic carbocycles. The van der Waals surface area contributed by atoms with Crippen LogP contribution in [0.25, 0.3) is 0 Å².